The van der Waals surface area contributed by atoms with Gasteiger partial charge in [-0.05, 0) is 61.5 Å². The maximum absolute atomic E-state index is 12.3. The Morgan fingerprint density at radius 1 is 1.12 bits per heavy atom. The van der Waals surface area contributed by atoms with Crippen LogP contribution in [0.3, 0.4) is 0 Å². The van der Waals surface area contributed by atoms with Crippen molar-refractivity contribution in [2.75, 3.05) is 32.0 Å². The van der Waals surface area contributed by atoms with Gasteiger partial charge in [-0.3, -0.25) is 4.39 Å². The van der Waals surface area contributed by atoms with Crippen LogP contribution in [0.15, 0.2) is 42.6 Å². The van der Waals surface area contributed by atoms with Gasteiger partial charge in [-0.1, -0.05) is 36.4 Å². The quantitative estimate of drug-likeness (QED) is 0.849. The van der Waals surface area contributed by atoms with Crippen LogP contribution < -0.4 is 5.73 Å². The summed E-state index contributed by atoms with van der Waals surface area (Å²) in [4.78, 5) is 6.47. The molecular weight excluding hydrogens is 313 g/mol. The minimum absolute atomic E-state index is 0.209. The average Bonchev–Trinajstić information content (AvgIpc) is 2.67. The van der Waals surface area contributed by atoms with Gasteiger partial charge in [-0.15, -0.1) is 0 Å². The minimum atomic E-state index is -0.209. The first kappa shape index (κ1) is 17.6. The van der Waals surface area contributed by atoms with E-state index < -0.39 is 0 Å². The van der Waals surface area contributed by atoms with Crippen molar-refractivity contribution >= 4 is 18.0 Å². The van der Waals surface area contributed by atoms with Crippen molar-refractivity contribution in [3.8, 4) is 0 Å². The summed E-state index contributed by atoms with van der Waals surface area (Å²) in [5.74, 6) is 1.17. The van der Waals surface area contributed by atoms with E-state index in [-0.39, 0.29) is 6.67 Å². The molecule has 3 nitrogen and oxygen atoms in total. The minimum Gasteiger partial charge on any atom is -0.383 e. The van der Waals surface area contributed by atoms with Crippen LogP contribution in [0.5, 0.6) is 0 Å². The lowest BCUT2D eigenvalue weighted by molar-refractivity contribution is 0.204. The average molecular weight is 339 g/mol. The summed E-state index contributed by atoms with van der Waals surface area (Å²) in [5.41, 5.74) is 9.36. The number of nitrogens with zero attached hydrogens (tertiary/aromatic N) is 2. The summed E-state index contributed by atoms with van der Waals surface area (Å²) in [5, 5.41) is 0. The molecule has 1 aromatic carbocycles. The first-order valence-corrected chi connectivity index (χ1v) is 9.03. The first-order valence-electron chi connectivity index (χ1n) is 9.03. The lowest BCUT2D eigenvalue weighted by Crippen LogP contribution is -2.33. The Morgan fingerprint density at radius 3 is 2.56 bits per heavy atom. The van der Waals surface area contributed by atoms with E-state index in [1.165, 1.54) is 5.56 Å². The molecule has 0 atom stereocenters. The van der Waals surface area contributed by atoms with Gasteiger partial charge in [0.1, 0.15) is 5.82 Å². The number of rotatable bonds is 6. The predicted molar refractivity (Wildman–Crippen MR) is 103 cm³/mol. The molecule has 0 saturated carbocycles. The van der Waals surface area contributed by atoms with Crippen LogP contribution in [0, 0.1) is 0 Å². The SMILES string of the molecule is Nc1ncccc1/C=C/c1ccc(C2CCN(CCCF)CC2)cc1. The highest BCUT2D eigenvalue weighted by molar-refractivity contribution is 5.74. The number of hydrogen-bond donors (Lipinski definition) is 1. The number of benzene rings is 1. The monoisotopic (exact) mass is 339 g/mol. The van der Waals surface area contributed by atoms with Crippen LogP contribution in [-0.2, 0) is 0 Å². The number of pyridine rings is 1. The van der Waals surface area contributed by atoms with E-state index in [1.54, 1.807) is 6.20 Å². The van der Waals surface area contributed by atoms with E-state index in [4.69, 9.17) is 5.73 Å². The molecule has 1 aromatic heterocycles. The number of alkyl halides is 1. The molecule has 1 saturated heterocycles. The molecule has 0 bridgehead atoms. The molecule has 0 radical (unpaired) electrons. The molecule has 0 spiro atoms. The Hall–Kier alpha value is -2.20. The van der Waals surface area contributed by atoms with E-state index in [9.17, 15) is 4.39 Å². The van der Waals surface area contributed by atoms with Gasteiger partial charge in [0, 0.05) is 18.3 Å². The summed E-state index contributed by atoms with van der Waals surface area (Å²) in [6, 6.07) is 12.6. The maximum Gasteiger partial charge on any atom is 0.130 e. The largest absolute Gasteiger partial charge is 0.383 e. The van der Waals surface area contributed by atoms with Gasteiger partial charge in [-0.2, -0.15) is 0 Å². The molecule has 4 heteroatoms. The number of hydrogen-bond acceptors (Lipinski definition) is 3. The highest BCUT2D eigenvalue weighted by atomic mass is 19.1. The van der Waals surface area contributed by atoms with Crippen molar-refractivity contribution in [3.63, 3.8) is 0 Å². The topological polar surface area (TPSA) is 42.1 Å². The molecule has 2 aromatic rings. The Labute approximate surface area is 149 Å². The molecule has 1 fully saturated rings. The maximum atomic E-state index is 12.3. The fourth-order valence-electron chi connectivity index (χ4n) is 3.41. The summed E-state index contributed by atoms with van der Waals surface area (Å²) < 4.78 is 12.3. The molecule has 3 rings (SSSR count). The zero-order valence-corrected chi connectivity index (χ0v) is 14.6. The Kier molecular flexibility index (Phi) is 6.18. The zero-order valence-electron chi connectivity index (χ0n) is 14.6. The van der Waals surface area contributed by atoms with Gasteiger partial charge >= 0.3 is 0 Å². The van der Waals surface area contributed by atoms with Crippen LogP contribution in [0.1, 0.15) is 41.9 Å². The highest BCUT2D eigenvalue weighted by Crippen LogP contribution is 2.28. The second-order valence-electron chi connectivity index (χ2n) is 6.64. The first-order chi connectivity index (χ1) is 12.3. The summed E-state index contributed by atoms with van der Waals surface area (Å²) in [6.07, 6.45) is 8.75. The van der Waals surface area contributed by atoms with Crippen molar-refractivity contribution in [2.24, 2.45) is 0 Å². The van der Waals surface area contributed by atoms with E-state index in [0.717, 1.165) is 43.6 Å². The fourth-order valence-corrected chi connectivity index (χ4v) is 3.41. The van der Waals surface area contributed by atoms with Gasteiger partial charge in [0.2, 0.25) is 0 Å². The third-order valence-electron chi connectivity index (χ3n) is 4.93. The number of aromatic nitrogens is 1. The second kappa shape index (κ2) is 8.77. The van der Waals surface area contributed by atoms with Crippen molar-refractivity contribution < 1.29 is 4.39 Å². The molecule has 2 heterocycles. The highest BCUT2D eigenvalue weighted by Gasteiger charge is 2.19. The number of nitrogens with two attached hydrogens (primary N) is 1. The van der Waals surface area contributed by atoms with Gasteiger partial charge < -0.3 is 10.6 Å². The fraction of sp³-hybridized carbons (Fsp3) is 0.381. The standard InChI is InChI=1S/C21H26FN3/c22-12-2-14-25-15-10-19(11-16-25)18-7-4-17(5-8-18)6-9-20-3-1-13-24-21(20)23/h1,3-9,13,19H,2,10-12,14-16H2,(H2,23,24)/b9-6+. The third kappa shape index (κ3) is 4.89. The Bertz CT molecular complexity index is 689. The number of likely N-dealkylation sites (tertiary alicyclic amines) is 1. The second-order valence-corrected chi connectivity index (χ2v) is 6.64. The van der Waals surface area contributed by atoms with Crippen molar-refractivity contribution in [1.29, 1.82) is 0 Å². The Balaban J connectivity index is 1.57. The van der Waals surface area contributed by atoms with E-state index in [1.807, 2.05) is 18.2 Å². The van der Waals surface area contributed by atoms with Crippen LogP contribution in [-0.4, -0.2) is 36.2 Å². The van der Waals surface area contributed by atoms with Crippen molar-refractivity contribution in [1.82, 2.24) is 9.88 Å². The summed E-state index contributed by atoms with van der Waals surface area (Å²) in [6.45, 7) is 2.84. The number of anilines is 1. The number of halogens is 1. The zero-order chi connectivity index (χ0) is 17.5. The van der Waals surface area contributed by atoms with Crippen LogP contribution in [0.25, 0.3) is 12.2 Å². The molecule has 1 aliphatic rings. The van der Waals surface area contributed by atoms with E-state index >= 15 is 0 Å². The van der Waals surface area contributed by atoms with Crippen LogP contribution >= 0.6 is 0 Å². The normalized spacial score (nSPS) is 16.5. The Morgan fingerprint density at radius 2 is 1.88 bits per heavy atom. The van der Waals surface area contributed by atoms with E-state index in [2.05, 4.69) is 40.2 Å². The number of piperidine rings is 1. The summed E-state index contributed by atoms with van der Waals surface area (Å²) in [7, 11) is 0. The van der Waals surface area contributed by atoms with E-state index in [0.29, 0.717) is 18.2 Å². The number of nitrogen functional groups attached to an aromatic ring is 1. The van der Waals surface area contributed by atoms with Gasteiger partial charge in [-0.25, -0.2) is 4.98 Å². The summed E-state index contributed by atoms with van der Waals surface area (Å²) >= 11 is 0. The lowest BCUT2D eigenvalue weighted by atomic mass is 9.89. The molecule has 1 aliphatic heterocycles. The molecule has 132 valence electrons. The molecular formula is C21H26FN3. The van der Waals surface area contributed by atoms with Gasteiger partial charge in [0.05, 0.1) is 6.67 Å². The van der Waals surface area contributed by atoms with Crippen LogP contribution in [0.4, 0.5) is 10.2 Å². The molecule has 25 heavy (non-hydrogen) atoms. The lowest BCUT2D eigenvalue weighted by Gasteiger charge is -2.32. The molecule has 2 N–H and O–H groups in total. The van der Waals surface area contributed by atoms with Crippen molar-refractivity contribution in [3.05, 3.63) is 59.3 Å². The van der Waals surface area contributed by atoms with Gasteiger partial charge in [0.25, 0.3) is 0 Å². The van der Waals surface area contributed by atoms with Gasteiger partial charge in [0.15, 0.2) is 0 Å². The molecule has 0 aliphatic carbocycles. The third-order valence-corrected chi connectivity index (χ3v) is 4.93. The molecule has 0 unspecified atom stereocenters. The smallest absolute Gasteiger partial charge is 0.130 e. The molecule has 0 amide bonds. The van der Waals surface area contributed by atoms with Crippen LogP contribution in [0.2, 0.25) is 0 Å². The predicted octanol–water partition coefficient (Wildman–Crippen LogP) is 4.37. The van der Waals surface area contributed by atoms with Crippen molar-refractivity contribution in [2.45, 2.75) is 25.2 Å².